The molecule has 2 N–H and O–H groups in total. The fourth-order valence-electron chi connectivity index (χ4n) is 4.12. The first kappa shape index (κ1) is 20.8. The van der Waals surface area contributed by atoms with Gasteiger partial charge in [-0.15, -0.1) is 0 Å². The summed E-state index contributed by atoms with van der Waals surface area (Å²) in [4.78, 5) is 26.0. The van der Waals surface area contributed by atoms with E-state index in [2.05, 4.69) is 25.4 Å². The molecule has 1 aliphatic heterocycles. The fraction of sp³-hybridized carbons (Fsp3) is 0.261. The first-order valence-corrected chi connectivity index (χ1v) is 10.7. The van der Waals surface area contributed by atoms with E-state index in [4.69, 9.17) is 0 Å². The van der Waals surface area contributed by atoms with Crippen molar-refractivity contribution >= 4 is 17.4 Å². The third kappa shape index (κ3) is 4.07. The maximum Gasteiger partial charge on any atom is 0.407 e. The van der Waals surface area contributed by atoms with Gasteiger partial charge in [-0.25, -0.2) is 23.7 Å². The SMILES string of the molecule is Cc1cc(-c2nc(-c3cnn4ccccc34)nc(N[C@@H]3CCCN(C(=O)O)C3)c2F)ccn1. The summed E-state index contributed by atoms with van der Waals surface area (Å²) in [7, 11) is 0. The van der Waals surface area contributed by atoms with Crippen LogP contribution >= 0.6 is 0 Å². The predicted octanol–water partition coefficient (Wildman–Crippen LogP) is 3.86. The van der Waals surface area contributed by atoms with Gasteiger partial charge in [-0.05, 0) is 44.0 Å². The van der Waals surface area contributed by atoms with E-state index in [-0.39, 0.29) is 24.1 Å². The van der Waals surface area contributed by atoms with E-state index >= 15 is 4.39 Å². The second-order valence-corrected chi connectivity index (χ2v) is 8.05. The number of hydrogen-bond acceptors (Lipinski definition) is 6. The average Bonchev–Trinajstić information content (AvgIpc) is 3.25. The van der Waals surface area contributed by atoms with Crippen molar-refractivity contribution in [1.82, 2.24) is 29.5 Å². The predicted molar refractivity (Wildman–Crippen MR) is 120 cm³/mol. The van der Waals surface area contributed by atoms with Crippen molar-refractivity contribution in [2.45, 2.75) is 25.8 Å². The van der Waals surface area contributed by atoms with Gasteiger partial charge in [0.25, 0.3) is 0 Å². The molecule has 0 radical (unpaired) electrons. The Bertz CT molecular complexity index is 1340. The standard InChI is InChI=1S/C23H22FN7O2/c1-14-11-15(7-8-25-14)20-19(24)22(27-16-5-4-9-30(13-16)23(32)33)29-21(28-20)17-12-26-31-10-3-2-6-18(17)31/h2-3,6-8,10-12,16H,4-5,9,13H2,1H3,(H,32,33)(H,27,28,29)/t16-/m1/s1. The lowest BCUT2D eigenvalue weighted by Crippen LogP contribution is -2.44. The number of piperidine rings is 1. The molecule has 0 saturated carbocycles. The molecule has 4 aromatic heterocycles. The number of halogens is 1. The number of nitrogens with one attached hydrogen (secondary N) is 1. The van der Waals surface area contributed by atoms with E-state index < -0.39 is 11.9 Å². The van der Waals surface area contributed by atoms with E-state index in [1.807, 2.05) is 31.3 Å². The van der Waals surface area contributed by atoms with E-state index in [0.717, 1.165) is 11.2 Å². The maximum atomic E-state index is 15.7. The van der Waals surface area contributed by atoms with Gasteiger partial charge in [0.2, 0.25) is 0 Å². The summed E-state index contributed by atoms with van der Waals surface area (Å²) in [5.74, 6) is -0.222. The molecule has 0 aliphatic carbocycles. The summed E-state index contributed by atoms with van der Waals surface area (Å²) < 4.78 is 17.4. The summed E-state index contributed by atoms with van der Waals surface area (Å²) in [6, 6.07) is 8.85. The summed E-state index contributed by atoms with van der Waals surface area (Å²) in [5, 5.41) is 16.8. The van der Waals surface area contributed by atoms with Crippen LogP contribution in [0.4, 0.5) is 15.0 Å². The summed E-state index contributed by atoms with van der Waals surface area (Å²) in [5.41, 5.74) is 2.93. The Morgan fingerprint density at radius 1 is 1.27 bits per heavy atom. The minimum absolute atomic E-state index is 0.0389. The molecular weight excluding hydrogens is 425 g/mol. The molecule has 1 atom stereocenters. The molecule has 10 heteroatoms. The van der Waals surface area contributed by atoms with E-state index in [0.29, 0.717) is 36.3 Å². The zero-order valence-corrected chi connectivity index (χ0v) is 17.9. The van der Waals surface area contributed by atoms with Gasteiger partial charge in [0, 0.05) is 42.8 Å². The molecule has 0 unspecified atom stereocenters. The van der Waals surface area contributed by atoms with Crippen LogP contribution in [0, 0.1) is 12.7 Å². The van der Waals surface area contributed by atoms with Crippen molar-refractivity contribution in [3.05, 3.63) is 60.4 Å². The highest BCUT2D eigenvalue weighted by Gasteiger charge is 2.26. The highest BCUT2D eigenvalue weighted by atomic mass is 19.1. The van der Waals surface area contributed by atoms with Gasteiger partial charge >= 0.3 is 6.09 Å². The molecule has 168 valence electrons. The third-order valence-corrected chi connectivity index (χ3v) is 5.72. The Balaban J connectivity index is 1.61. The molecular formula is C23H22FN7O2. The van der Waals surface area contributed by atoms with Crippen molar-refractivity contribution in [3.8, 4) is 22.6 Å². The number of nitrogens with zero attached hydrogens (tertiary/aromatic N) is 6. The van der Waals surface area contributed by atoms with Crippen molar-refractivity contribution in [3.63, 3.8) is 0 Å². The van der Waals surface area contributed by atoms with Gasteiger partial charge in [0.05, 0.1) is 17.3 Å². The van der Waals surface area contributed by atoms with Crippen LogP contribution in [-0.4, -0.2) is 59.8 Å². The number of rotatable bonds is 4. The Hall–Kier alpha value is -4.08. The maximum absolute atomic E-state index is 15.7. The van der Waals surface area contributed by atoms with Crippen molar-refractivity contribution in [1.29, 1.82) is 0 Å². The van der Waals surface area contributed by atoms with E-state index in [9.17, 15) is 9.90 Å². The van der Waals surface area contributed by atoms with Crippen molar-refractivity contribution in [2.24, 2.45) is 0 Å². The number of carboxylic acid groups (broad SMARTS) is 1. The Labute approximate surface area is 188 Å². The van der Waals surface area contributed by atoms with Crippen molar-refractivity contribution in [2.75, 3.05) is 18.4 Å². The minimum Gasteiger partial charge on any atom is -0.465 e. The molecule has 1 amide bonds. The minimum atomic E-state index is -0.982. The van der Waals surface area contributed by atoms with Crippen LogP contribution in [0.5, 0.6) is 0 Å². The molecule has 0 spiro atoms. The Morgan fingerprint density at radius 2 is 2.15 bits per heavy atom. The number of anilines is 1. The van der Waals surface area contributed by atoms with Crippen LogP contribution in [0.1, 0.15) is 18.5 Å². The fourth-order valence-corrected chi connectivity index (χ4v) is 4.12. The van der Waals surface area contributed by atoms with Gasteiger partial charge in [0.1, 0.15) is 5.69 Å². The Morgan fingerprint density at radius 3 is 2.97 bits per heavy atom. The lowest BCUT2D eigenvalue weighted by molar-refractivity contribution is 0.132. The molecule has 5 rings (SSSR count). The van der Waals surface area contributed by atoms with Crippen LogP contribution in [0.15, 0.2) is 48.9 Å². The second-order valence-electron chi connectivity index (χ2n) is 8.05. The van der Waals surface area contributed by atoms with Crippen LogP contribution in [0.3, 0.4) is 0 Å². The van der Waals surface area contributed by atoms with Crippen LogP contribution in [-0.2, 0) is 0 Å². The number of amides is 1. The molecule has 5 heterocycles. The number of fused-ring (bicyclic) bond motifs is 1. The van der Waals surface area contributed by atoms with Crippen LogP contribution in [0.2, 0.25) is 0 Å². The number of hydrogen-bond donors (Lipinski definition) is 2. The third-order valence-electron chi connectivity index (χ3n) is 5.72. The summed E-state index contributed by atoms with van der Waals surface area (Å²) >= 11 is 0. The van der Waals surface area contributed by atoms with Gasteiger partial charge in [0.15, 0.2) is 17.5 Å². The highest BCUT2D eigenvalue weighted by molar-refractivity contribution is 5.78. The largest absolute Gasteiger partial charge is 0.465 e. The zero-order valence-electron chi connectivity index (χ0n) is 17.9. The molecule has 1 aliphatic rings. The second kappa shape index (κ2) is 8.45. The van der Waals surface area contributed by atoms with Crippen LogP contribution < -0.4 is 5.32 Å². The molecule has 1 saturated heterocycles. The number of aromatic nitrogens is 5. The normalized spacial score (nSPS) is 16.2. The van der Waals surface area contributed by atoms with E-state index in [1.54, 1.807) is 29.0 Å². The van der Waals surface area contributed by atoms with Gasteiger partial charge in [-0.1, -0.05) is 6.07 Å². The topological polar surface area (TPSA) is 109 Å². The van der Waals surface area contributed by atoms with Gasteiger partial charge in [-0.3, -0.25) is 4.98 Å². The number of likely N-dealkylation sites (tertiary alicyclic amines) is 1. The molecule has 0 aromatic carbocycles. The average molecular weight is 447 g/mol. The first-order chi connectivity index (χ1) is 16.0. The first-order valence-electron chi connectivity index (χ1n) is 10.7. The van der Waals surface area contributed by atoms with E-state index in [1.165, 1.54) is 4.90 Å². The lowest BCUT2D eigenvalue weighted by Gasteiger charge is -2.31. The van der Waals surface area contributed by atoms with Gasteiger partial charge in [-0.2, -0.15) is 5.10 Å². The lowest BCUT2D eigenvalue weighted by atomic mass is 10.1. The van der Waals surface area contributed by atoms with Crippen LogP contribution in [0.25, 0.3) is 28.2 Å². The summed E-state index contributed by atoms with van der Waals surface area (Å²) in [6.07, 6.45) is 5.50. The molecule has 4 aromatic rings. The molecule has 9 nitrogen and oxygen atoms in total. The number of carbonyl (C=O) groups is 1. The highest BCUT2D eigenvalue weighted by Crippen LogP contribution is 2.31. The quantitative estimate of drug-likeness (QED) is 0.489. The Kier molecular flexibility index (Phi) is 5.33. The van der Waals surface area contributed by atoms with Gasteiger partial charge < -0.3 is 15.3 Å². The monoisotopic (exact) mass is 447 g/mol. The molecule has 0 bridgehead atoms. The molecule has 33 heavy (non-hydrogen) atoms. The molecule has 1 fully saturated rings. The zero-order chi connectivity index (χ0) is 22.9. The smallest absolute Gasteiger partial charge is 0.407 e. The number of aryl methyl sites for hydroxylation is 1. The summed E-state index contributed by atoms with van der Waals surface area (Å²) in [6.45, 7) is 2.56. The number of pyridine rings is 2. The van der Waals surface area contributed by atoms with Crippen molar-refractivity contribution < 1.29 is 14.3 Å².